The first kappa shape index (κ1) is 17.7. The van der Waals surface area contributed by atoms with Crippen LogP contribution < -0.4 is 21.5 Å². The molecule has 0 bridgehead atoms. The summed E-state index contributed by atoms with van der Waals surface area (Å²) >= 11 is 0. The summed E-state index contributed by atoms with van der Waals surface area (Å²) < 4.78 is 0. The Hall–Kier alpha value is -3.34. The number of rotatable bonds is 6. The van der Waals surface area contributed by atoms with Gasteiger partial charge in [0.2, 0.25) is 11.8 Å². The van der Waals surface area contributed by atoms with Crippen LogP contribution in [0, 0.1) is 11.3 Å². The molecule has 120 valence electrons. The molecule has 0 fully saturated rings. The van der Waals surface area contributed by atoms with Crippen LogP contribution in [0.15, 0.2) is 36.0 Å². The molecule has 0 radical (unpaired) electrons. The predicted molar refractivity (Wildman–Crippen MR) is 84.6 cm³/mol. The molecule has 1 aromatic rings. The molecular formula is C15H17N5O3. The number of anilines is 2. The second-order valence-corrected chi connectivity index (χ2v) is 4.58. The van der Waals surface area contributed by atoms with Crippen molar-refractivity contribution in [2.24, 2.45) is 0 Å². The van der Waals surface area contributed by atoms with E-state index in [1.165, 1.54) is 13.0 Å². The van der Waals surface area contributed by atoms with Gasteiger partial charge in [0, 0.05) is 30.1 Å². The highest BCUT2D eigenvalue weighted by molar-refractivity contribution is 6.00. The molecule has 3 amide bonds. The number of hydrogen-bond donors (Lipinski definition) is 4. The zero-order valence-electron chi connectivity index (χ0n) is 12.8. The number of amides is 3. The quantitative estimate of drug-likeness (QED) is 0.461. The van der Waals surface area contributed by atoms with Crippen molar-refractivity contribution in [3.63, 3.8) is 0 Å². The second-order valence-electron chi connectivity index (χ2n) is 4.58. The van der Waals surface area contributed by atoms with E-state index in [9.17, 15) is 14.4 Å². The third-order valence-electron chi connectivity index (χ3n) is 2.46. The van der Waals surface area contributed by atoms with Crippen molar-refractivity contribution in [3.05, 3.63) is 36.0 Å². The molecule has 0 unspecified atom stereocenters. The molecular weight excluding hydrogens is 298 g/mol. The van der Waals surface area contributed by atoms with Gasteiger partial charge in [-0.3, -0.25) is 19.8 Å². The summed E-state index contributed by atoms with van der Waals surface area (Å²) in [4.78, 5) is 33.8. The minimum Gasteiger partial charge on any atom is -0.326 e. The largest absolute Gasteiger partial charge is 0.326 e. The average molecular weight is 315 g/mol. The molecule has 8 heteroatoms. The molecule has 0 heterocycles. The first-order chi connectivity index (χ1) is 10.9. The van der Waals surface area contributed by atoms with Gasteiger partial charge in [-0.2, -0.15) is 5.26 Å². The molecule has 0 atom stereocenters. The number of carbonyl (C=O) groups is 3. The lowest BCUT2D eigenvalue weighted by Gasteiger charge is -2.08. The normalized spacial score (nSPS) is 10.2. The van der Waals surface area contributed by atoms with E-state index in [0.717, 1.165) is 0 Å². The summed E-state index contributed by atoms with van der Waals surface area (Å²) in [5, 5.41) is 13.6. The zero-order valence-corrected chi connectivity index (χ0v) is 12.8. The summed E-state index contributed by atoms with van der Waals surface area (Å²) in [5.41, 5.74) is 6.39. The van der Waals surface area contributed by atoms with Crippen molar-refractivity contribution >= 4 is 29.1 Å². The Labute approximate surface area is 133 Å². The van der Waals surface area contributed by atoms with Crippen molar-refractivity contribution in [2.45, 2.75) is 20.3 Å². The van der Waals surface area contributed by atoms with E-state index in [0.29, 0.717) is 17.1 Å². The third-order valence-corrected chi connectivity index (χ3v) is 2.46. The Bertz CT molecular complexity index is 659. The molecule has 0 aromatic heterocycles. The second kappa shape index (κ2) is 8.84. The highest BCUT2D eigenvalue weighted by atomic mass is 16.2. The van der Waals surface area contributed by atoms with Gasteiger partial charge in [-0.1, -0.05) is 0 Å². The first-order valence-electron chi connectivity index (χ1n) is 6.69. The maximum atomic E-state index is 11.8. The lowest BCUT2D eigenvalue weighted by Crippen LogP contribution is -2.36. The van der Waals surface area contributed by atoms with E-state index in [1.807, 2.05) is 0 Å². The van der Waals surface area contributed by atoms with Gasteiger partial charge in [0.05, 0.1) is 6.07 Å². The van der Waals surface area contributed by atoms with Crippen LogP contribution in [-0.2, 0) is 14.4 Å². The van der Waals surface area contributed by atoms with Gasteiger partial charge >= 0.3 is 0 Å². The van der Waals surface area contributed by atoms with Crippen LogP contribution >= 0.6 is 0 Å². The van der Waals surface area contributed by atoms with Gasteiger partial charge in [0.15, 0.2) is 0 Å². The fourth-order valence-electron chi connectivity index (χ4n) is 1.54. The highest BCUT2D eigenvalue weighted by Crippen LogP contribution is 2.13. The monoisotopic (exact) mass is 315 g/mol. The van der Waals surface area contributed by atoms with E-state index in [2.05, 4.69) is 21.5 Å². The Balaban J connectivity index is 2.52. The van der Waals surface area contributed by atoms with E-state index in [4.69, 9.17) is 5.26 Å². The Kier molecular flexibility index (Phi) is 6.81. The average Bonchev–Trinajstić information content (AvgIpc) is 2.47. The number of nitrogens with zero attached hydrogens (tertiary/aromatic N) is 1. The standard InChI is InChI=1S/C15H17N5O3/c1-10(19-20-14(22)7-8-16)9-15(23)18-13-5-3-12(4-6-13)17-11(2)21/h3-6,9,19H,7H2,1-2H3,(H,17,21)(H,18,23)(H,20,22). The topological polar surface area (TPSA) is 123 Å². The molecule has 23 heavy (non-hydrogen) atoms. The fraction of sp³-hybridized carbons (Fsp3) is 0.200. The van der Waals surface area contributed by atoms with E-state index in [-0.39, 0.29) is 12.3 Å². The van der Waals surface area contributed by atoms with E-state index >= 15 is 0 Å². The summed E-state index contributed by atoms with van der Waals surface area (Å²) in [6, 6.07) is 8.32. The van der Waals surface area contributed by atoms with Crippen LogP contribution in [0.25, 0.3) is 0 Å². The Morgan fingerprint density at radius 1 is 1.04 bits per heavy atom. The number of carbonyl (C=O) groups excluding carboxylic acids is 3. The van der Waals surface area contributed by atoms with Crippen molar-refractivity contribution in [2.75, 3.05) is 10.6 Å². The molecule has 0 aliphatic carbocycles. The van der Waals surface area contributed by atoms with Crippen LogP contribution in [0.1, 0.15) is 20.3 Å². The lowest BCUT2D eigenvalue weighted by molar-refractivity contribution is -0.121. The van der Waals surface area contributed by atoms with Gasteiger partial charge in [-0.25, -0.2) is 0 Å². The van der Waals surface area contributed by atoms with Gasteiger partial charge in [0.25, 0.3) is 5.91 Å². The Morgan fingerprint density at radius 2 is 1.61 bits per heavy atom. The van der Waals surface area contributed by atoms with E-state index in [1.54, 1.807) is 37.3 Å². The first-order valence-corrected chi connectivity index (χ1v) is 6.69. The van der Waals surface area contributed by atoms with Gasteiger partial charge in [-0.15, -0.1) is 0 Å². The van der Waals surface area contributed by atoms with Gasteiger partial charge in [0.1, 0.15) is 6.42 Å². The molecule has 0 saturated heterocycles. The van der Waals surface area contributed by atoms with Crippen molar-refractivity contribution in [1.29, 1.82) is 5.26 Å². The number of nitrogens with one attached hydrogen (secondary N) is 4. The molecule has 8 nitrogen and oxygen atoms in total. The smallest absolute Gasteiger partial charge is 0.252 e. The number of benzene rings is 1. The third kappa shape index (κ3) is 7.29. The van der Waals surface area contributed by atoms with Crippen molar-refractivity contribution in [3.8, 4) is 6.07 Å². The summed E-state index contributed by atoms with van der Waals surface area (Å²) in [6.07, 6.45) is 0.988. The fourth-order valence-corrected chi connectivity index (χ4v) is 1.54. The molecule has 4 N–H and O–H groups in total. The highest BCUT2D eigenvalue weighted by Gasteiger charge is 2.02. The van der Waals surface area contributed by atoms with Crippen LogP contribution in [-0.4, -0.2) is 17.7 Å². The predicted octanol–water partition coefficient (Wildman–Crippen LogP) is 1.02. The van der Waals surface area contributed by atoms with Crippen molar-refractivity contribution in [1.82, 2.24) is 10.9 Å². The summed E-state index contributed by atoms with van der Waals surface area (Å²) in [6.45, 7) is 3.00. The van der Waals surface area contributed by atoms with Gasteiger partial charge < -0.3 is 16.1 Å². The maximum Gasteiger partial charge on any atom is 0.252 e. The minimum atomic E-state index is -0.491. The molecule has 0 saturated carbocycles. The van der Waals surface area contributed by atoms with Crippen LogP contribution in [0.5, 0.6) is 0 Å². The van der Waals surface area contributed by atoms with Crippen molar-refractivity contribution < 1.29 is 14.4 Å². The zero-order chi connectivity index (χ0) is 17.2. The number of hydrogen-bond acceptors (Lipinski definition) is 5. The van der Waals surface area contributed by atoms with Crippen LogP contribution in [0.4, 0.5) is 11.4 Å². The number of allylic oxidation sites excluding steroid dienone is 1. The summed E-state index contributed by atoms with van der Waals surface area (Å²) in [7, 11) is 0. The maximum absolute atomic E-state index is 11.8. The molecule has 0 aliphatic rings. The molecule has 0 spiro atoms. The lowest BCUT2D eigenvalue weighted by atomic mass is 10.2. The Morgan fingerprint density at radius 3 is 2.13 bits per heavy atom. The van der Waals surface area contributed by atoms with E-state index < -0.39 is 11.8 Å². The van der Waals surface area contributed by atoms with Crippen LogP contribution in [0.2, 0.25) is 0 Å². The van der Waals surface area contributed by atoms with Crippen LogP contribution in [0.3, 0.4) is 0 Å². The number of hydrazine groups is 1. The molecule has 1 rings (SSSR count). The SMILES string of the molecule is CC(=O)Nc1ccc(NC(=O)C=C(C)NNC(=O)CC#N)cc1. The summed E-state index contributed by atoms with van der Waals surface area (Å²) in [5.74, 6) is -1.06. The minimum absolute atomic E-state index is 0.176. The number of nitriles is 1. The van der Waals surface area contributed by atoms with Gasteiger partial charge in [-0.05, 0) is 31.2 Å². The molecule has 1 aromatic carbocycles. The molecule has 0 aliphatic heterocycles.